The van der Waals surface area contributed by atoms with E-state index in [-0.39, 0.29) is 12.4 Å². The first kappa shape index (κ1) is 12.1. The average Bonchev–Trinajstić information content (AvgIpc) is 2.42. The first-order chi connectivity index (χ1) is 7.90. The molecule has 4 nitrogen and oxygen atoms in total. The first-order valence-corrected chi connectivity index (χ1v) is 5.93. The van der Waals surface area contributed by atoms with Crippen LogP contribution in [-0.4, -0.2) is 24.1 Å². The Morgan fingerprint density at radius 1 is 1.41 bits per heavy atom. The molecule has 0 aromatic carbocycles. The van der Waals surface area contributed by atoms with Gasteiger partial charge in [0.2, 0.25) is 0 Å². The molecule has 0 heterocycles. The summed E-state index contributed by atoms with van der Waals surface area (Å²) in [5, 5.41) is 0. The molecule has 2 unspecified atom stereocenters. The molecule has 4 heteroatoms. The fourth-order valence-corrected chi connectivity index (χ4v) is 2.75. The van der Waals surface area contributed by atoms with Crippen LogP contribution in [-0.2, 0) is 14.3 Å². The van der Waals surface area contributed by atoms with Gasteiger partial charge in [-0.15, -0.1) is 0 Å². The largest absolute Gasteiger partial charge is 0.509 e. The van der Waals surface area contributed by atoms with Crippen LogP contribution in [0, 0.1) is 5.41 Å². The van der Waals surface area contributed by atoms with Crippen molar-refractivity contribution >= 4 is 11.9 Å². The molecule has 2 saturated carbocycles. The van der Waals surface area contributed by atoms with Gasteiger partial charge in [-0.25, -0.2) is 4.79 Å². The van der Waals surface area contributed by atoms with Crippen LogP contribution >= 0.6 is 0 Å². The smallest absolute Gasteiger partial charge is 0.430 e. The molecule has 0 aromatic heterocycles. The van der Waals surface area contributed by atoms with E-state index in [4.69, 9.17) is 9.47 Å². The second-order valence-electron chi connectivity index (χ2n) is 5.35. The molecule has 0 amide bonds. The molecule has 2 atom stereocenters. The van der Waals surface area contributed by atoms with Gasteiger partial charge in [0.1, 0.15) is 18.0 Å². The van der Waals surface area contributed by atoms with Crippen molar-refractivity contribution in [3.8, 4) is 0 Å². The highest BCUT2D eigenvalue weighted by Gasteiger charge is 2.66. The lowest BCUT2D eigenvalue weighted by molar-refractivity contribution is -0.166. The first-order valence-electron chi connectivity index (χ1n) is 5.93. The summed E-state index contributed by atoms with van der Waals surface area (Å²) in [6, 6.07) is 0. The summed E-state index contributed by atoms with van der Waals surface area (Å²) in [5.74, 6) is 0.205. The fourth-order valence-electron chi connectivity index (χ4n) is 2.75. The second kappa shape index (κ2) is 3.86. The zero-order chi connectivity index (χ0) is 12.7. The molecular formula is C13H18O4. The van der Waals surface area contributed by atoms with Crippen molar-refractivity contribution < 1.29 is 19.1 Å². The molecule has 0 radical (unpaired) electrons. The summed E-state index contributed by atoms with van der Waals surface area (Å²) in [6.45, 7) is 7.47. The van der Waals surface area contributed by atoms with Crippen molar-refractivity contribution in [2.75, 3.05) is 6.61 Å². The van der Waals surface area contributed by atoms with Gasteiger partial charge >= 0.3 is 6.16 Å². The van der Waals surface area contributed by atoms with E-state index >= 15 is 0 Å². The number of fused-ring (bicyclic) bond motifs is 1. The van der Waals surface area contributed by atoms with Crippen molar-refractivity contribution in [2.45, 2.75) is 45.1 Å². The quantitative estimate of drug-likeness (QED) is 0.560. The fraction of sp³-hybridized carbons (Fsp3) is 0.692. The van der Waals surface area contributed by atoms with Gasteiger partial charge in [-0.3, -0.25) is 4.79 Å². The molecule has 2 aliphatic rings. The third kappa shape index (κ3) is 1.75. The molecule has 0 aliphatic heterocycles. The predicted molar refractivity (Wildman–Crippen MR) is 61.6 cm³/mol. The van der Waals surface area contributed by atoms with Crippen LogP contribution in [0.5, 0.6) is 0 Å². The zero-order valence-electron chi connectivity index (χ0n) is 10.4. The van der Waals surface area contributed by atoms with E-state index in [2.05, 4.69) is 6.58 Å². The van der Waals surface area contributed by atoms with Gasteiger partial charge in [0.05, 0.1) is 5.41 Å². The van der Waals surface area contributed by atoms with E-state index in [0.717, 1.165) is 18.4 Å². The highest BCUT2D eigenvalue weighted by molar-refractivity contribution is 5.90. The van der Waals surface area contributed by atoms with Crippen molar-refractivity contribution in [3.05, 3.63) is 12.2 Å². The molecule has 94 valence electrons. The molecule has 17 heavy (non-hydrogen) atoms. The van der Waals surface area contributed by atoms with Gasteiger partial charge < -0.3 is 9.47 Å². The van der Waals surface area contributed by atoms with Crippen LogP contribution in [0.25, 0.3) is 0 Å². The lowest BCUT2D eigenvalue weighted by Gasteiger charge is -2.50. The minimum absolute atomic E-state index is 0.166. The van der Waals surface area contributed by atoms with Gasteiger partial charge in [0, 0.05) is 6.42 Å². The number of carbonyl (C=O) groups is 2. The maximum Gasteiger partial charge on any atom is 0.509 e. The van der Waals surface area contributed by atoms with Crippen molar-refractivity contribution in [3.63, 3.8) is 0 Å². The molecule has 2 fully saturated rings. The summed E-state index contributed by atoms with van der Waals surface area (Å²) in [6.07, 6.45) is 2.01. The van der Waals surface area contributed by atoms with Crippen LogP contribution in [0.2, 0.25) is 0 Å². The topological polar surface area (TPSA) is 52.6 Å². The summed E-state index contributed by atoms with van der Waals surface area (Å²) < 4.78 is 10.3. The van der Waals surface area contributed by atoms with Crippen molar-refractivity contribution in [1.82, 2.24) is 0 Å². The molecule has 2 rings (SSSR count). The summed E-state index contributed by atoms with van der Waals surface area (Å²) in [5.41, 5.74) is -0.316. The Kier molecular flexibility index (Phi) is 2.76. The number of carbonyl (C=O) groups excluding carboxylic acids is 2. The van der Waals surface area contributed by atoms with Gasteiger partial charge in [-0.05, 0) is 38.7 Å². The molecule has 0 saturated heterocycles. The third-order valence-electron chi connectivity index (χ3n) is 4.12. The molecule has 0 N–H and O–H groups in total. The number of ketones is 1. The SMILES string of the molecule is C=C(C)COC(=O)OC12CCC(=O)C1(C)CC2. The molecular weight excluding hydrogens is 220 g/mol. The molecule has 0 spiro atoms. The van der Waals surface area contributed by atoms with E-state index in [9.17, 15) is 9.59 Å². The molecule has 2 aliphatic carbocycles. The Bertz CT molecular complexity index is 387. The summed E-state index contributed by atoms with van der Waals surface area (Å²) in [4.78, 5) is 23.3. The van der Waals surface area contributed by atoms with Crippen LogP contribution < -0.4 is 0 Å². The van der Waals surface area contributed by atoms with E-state index in [1.54, 1.807) is 6.92 Å². The number of Topliss-reactive ketones (excluding diaryl/α,β-unsaturated/α-hetero) is 1. The van der Waals surface area contributed by atoms with Gasteiger partial charge in [-0.2, -0.15) is 0 Å². The Morgan fingerprint density at radius 2 is 2.12 bits per heavy atom. The standard InChI is InChI=1S/C13H18O4/c1-9(2)8-16-11(15)17-13-5-4-10(14)12(13,3)6-7-13/h1,4-8H2,2-3H3. The summed E-state index contributed by atoms with van der Waals surface area (Å²) in [7, 11) is 0. The maximum absolute atomic E-state index is 11.8. The Labute approximate surface area is 101 Å². The molecule has 0 bridgehead atoms. The van der Waals surface area contributed by atoms with E-state index in [0.29, 0.717) is 12.8 Å². The number of ether oxygens (including phenoxy) is 2. The van der Waals surface area contributed by atoms with Crippen LogP contribution in [0.15, 0.2) is 12.2 Å². The van der Waals surface area contributed by atoms with Crippen molar-refractivity contribution in [2.24, 2.45) is 5.41 Å². The number of hydrogen-bond acceptors (Lipinski definition) is 4. The minimum atomic E-state index is -0.686. The lowest BCUT2D eigenvalue weighted by atomic mass is 9.59. The van der Waals surface area contributed by atoms with Crippen LogP contribution in [0.3, 0.4) is 0 Å². The van der Waals surface area contributed by atoms with Crippen LogP contribution in [0.1, 0.15) is 39.5 Å². The van der Waals surface area contributed by atoms with Gasteiger partial charge in [0.25, 0.3) is 0 Å². The van der Waals surface area contributed by atoms with Crippen LogP contribution in [0.4, 0.5) is 4.79 Å². The number of hydrogen-bond donors (Lipinski definition) is 0. The van der Waals surface area contributed by atoms with E-state index in [1.165, 1.54) is 0 Å². The monoisotopic (exact) mass is 238 g/mol. The maximum atomic E-state index is 11.8. The average molecular weight is 238 g/mol. The molecule has 0 aromatic rings. The normalized spacial score (nSPS) is 34.8. The predicted octanol–water partition coefficient (Wildman–Crippen LogP) is 2.62. The highest BCUT2D eigenvalue weighted by Crippen LogP contribution is 2.60. The minimum Gasteiger partial charge on any atom is -0.430 e. The second-order valence-corrected chi connectivity index (χ2v) is 5.35. The third-order valence-corrected chi connectivity index (χ3v) is 4.12. The van der Waals surface area contributed by atoms with Gasteiger partial charge in [0.15, 0.2) is 0 Å². The highest BCUT2D eigenvalue weighted by atomic mass is 16.7. The van der Waals surface area contributed by atoms with Crippen molar-refractivity contribution in [1.29, 1.82) is 0 Å². The Hall–Kier alpha value is -1.32. The zero-order valence-corrected chi connectivity index (χ0v) is 10.4. The van der Waals surface area contributed by atoms with Gasteiger partial charge in [-0.1, -0.05) is 6.58 Å². The Balaban J connectivity index is 1.97. The number of rotatable bonds is 3. The van der Waals surface area contributed by atoms with E-state index < -0.39 is 17.2 Å². The summed E-state index contributed by atoms with van der Waals surface area (Å²) >= 11 is 0. The Morgan fingerprint density at radius 3 is 2.59 bits per heavy atom. The van der Waals surface area contributed by atoms with E-state index in [1.807, 2.05) is 6.92 Å². The lowest BCUT2D eigenvalue weighted by Crippen LogP contribution is -2.57.